The maximum atomic E-state index is 5.01. The number of methoxy groups -OCH3 is 1. The van der Waals surface area contributed by atoms with Crippen molar-refractivity contribution in [2.24, 2.45) is 12.0 Å². The van der Waals surface area contributed by atoms with Crippen LogP contribution in [0.1, 0.15) is 11.6 Å². The highest BCUT2D eigenvalue weighted by Gasteiger charge is 2.16. The lowest BCUT2D eigenvalue weighted by Crippen LogP contribution is -2.42. The first-order valence-electron chi connectivity index (χ1n) is 6.67. The molecule has 0 aliphatic heterocycles. The van der Waals surface area contributed by atoms with Gasteiger partial charge in [0.1, 0.15) is 0 Å². The van der Waals surface area contributed by atoms with Gasteiger partial charge in [-0.3, -0.25) is 9.67 Å². The van der Waals surface area contributed by atoms with Gasteiger partial charge < -0.3 is 20.3 Å². The molecule has 1 aromatic heterocycles. The van der Waals surface area contributed by atoms with Crippen molar-refractivity contribution in [3.63, 3.8) is 0 Å². The average Bonchev–Trinajstić information content (AvgIpc) is 2.83. The molecule has 1 atom stereocenters. The van der Waals surface area contributed by atoms with Crippen LogP contribution < -0.4 is 10.6 Å². The SMILES string of the molecule is CN=C(NCCOC)NCC(c1cnn(C)c1)N(C)C. The van der Waals surface area contributed by atoms with E-state index in [9.17, 15) is 0 Å². The van der Waals surface area contributed by atoms with Gasteiger partial charge in [0.2, 0.25) is 0 Å². The van der Waals surface area contributed by atoms with Crippen LogP contribution in [0, 0.1) is 0 Å². The molecular formula is C13H26N6O. The quantitative estimate of drug-likeness (QED) is 0.413. The second-order valence-corrected chi connectivity index (χ2v) is 4.80. The minimum absolute atomic E-state index is 0.240. The van der Waals surface area contributed by atoms with Gasteiger partial charge in [0.05, 0.1) is 18.8 Å². The zero-order valence-electron chi connectivity index (χ0n) is 13.1. The molecular weight excluding hydrogens is 256 g/mol. The smallest absolute Gasteiger partial charge is 0.191 e. The van der Waals surface area contributed by atoms with Crippen LogP contribution in [-0.2, 0) is 11.8 Å². The third-order valence-corrected chi connectivity index (χ3v) is 3.02. The van der Waals surface area contributed by atoms with Gasteiger partial charge in [0.15, 0.2) is 5.96 Å². The molecule has 0 fully saturated rings. The molecule has 0 aliphatic rings. The summed E-state index contributed by atoms with van der Waals surface area (Å²) < 4.78 is 6.83. The van der Waals surface area contributed by atoms with E-state index in [1.807, 2.05) is 24.1 Å². The molecule has 0 aromatic carbocycles. The number of guanidine groups is 1. The number of hydrogen-bond acceptors (Lipinski definition) is 4. The van der Waals surface area contributed by atoms with Gasteiger partial charge in [-0.2, -0.15) is 5.10 Å². The van der Waals surface area contributed by atoms with Crippen LogP contribution in [0.25, 0.3) is 0 Å². The van der Waals surface area contributed by atoms with Crippen LogP contribution in [0.3, 0.4) is 0 Å². The van der Waals surface area contributed by atoms with Crippen LogP contribution in [0.15, 0.2) is 17.4 Å². The van der Waals surface area contributed by atoms with Crippen molar-refractivity contribution >= 4 is 5.96 Å². The number of aromatic nitrogens is 2. The number of hydrogen-bond donors (Lipinski definition) is 2. The first kappa shape index (κ1) is 16.5. The molecule has 114 valence electrons. The zero-order chi connectivity index (χ0) is 15.0. The number of ether oxygens (including phenoxy) is 1. The monoisotopic (exact) mass is 282 g/mol. The lowest BCUT2D eigenvalue weighted by molar-refractivity contribution is 0.203. The topological polar surface area (TPSA) is 66.7 Å². The average molecular weight is 282 g/mol. The minimum Gasteiger partial charge on any atom is -0.383 e. The summed E-state index contributed by atoms with van der Waals surface area (Å²) in [7, 11) is 9.48. The van der Waals surface area contributed by atoms with Crippen molar-refractivity contribution in [3.05, 3.63) is 18.0 Å². The predicted molar refractivity (Wildman–Crippen MR) is 80.9 cm³/mol. The van der Waals surface area contributed by atoms with E-state index in [0.717, 1.165) is 19.0 Å². The maximum Gasteiger partial charge on any atom is 0.191 e. The number of likely N-dealkylation sites (N-methyl/N-ethyl adjacent to an activating group) is 1. The van der Waals surface area contributed by atoms with Crippen molar-refractivity contribution in [2.75, 3.05) is 47.9 Å². The van der Waals surface area contributed by atoms with E-state index >= 15 is 0 Å². The van der Waals surface area contributed by atoms with Crippen LogP contribution in [0.2, 0.25) is 0 Å². The Morgan fingerprint density at radius 1 is 1.50 bits per heavy atom. The van der Waals surface area contributed by atoms with E-state index in [-0.39, 0.29) is 6.04 Å². The van der Waals surface area contributed by atoms with Gasteiger partial charge in [-0.25, -0.2) is 0 Å². The van der Waals surface area contributed by atoms with Crippen molar-refractivity contribution in [3.8, 4) is 0 Å². The molecule has 0 bridgehead atoms. The third kappa shape index (κ3) is 5.18. The molecule has 2 N–H and O–H groups in total. The molecule has 0 radical (unpaired) electrons. The number of rotatable bonds is 7. The third-order valence-electron chi connectivity index (χ3n) is 3.02. The number of nitrogens with one attached hydrogen (secondary N) is 2. The summed E-state index contributed by atoms with van der Waals surface area (Å²) in [5.41, 5.74) is 1.18. The molecule has 1 rings (SSSR count). The Balaban J connectivity index is 2.54. The Labute approximate surface area is 121 Å². The summed E-state index contributed by atoms with van der Waals surface area (Å²) in [5, 5.41) is 10.7. The Hall–Kier alpha value is -1.60. The Kier molecular flexibility index (Phi) is 7.03. The minimum atomic E-state index is 0.240. The summed E-state index contributed by atoms with van der Waals surface area (Å²) in [4.78, 5) is 6.35. The summed E-state index contributed by atoms with van der Waals surface area (Å²) in [5.74, 6) is 0.776. The lowest BCUT2D eigenvalue weighted by Gasteiger charge is -2.24. The highest BCUT2D eigenvalue weighted by Crippen LogP contribution is 2.15. The fourth-order valence-electron chi connectivity index (χ4n) is 1.90. The first-order valence-corrected chi connectivity index (χ1v) is 6.67. The van der Waals surface area contributed by atoms with Crippen molar-refractivity contribution in [2.45, 2.75) is 6.04 Å². The Morgan fingerprint density at radius 3 is 2.75 bits per heavy atom. The van der Waals surface area contributed by atoms with Crippen molar-refractivity contribution < 1.29 is 4.74 Å². The second-order valence-electron chi connectivity index (χ2n) is 4.80. The first-order chi connectivity index (χ1) is 9.58. The van der Waals surface area contributed by atoms with Gasteiger partial charge >= 0.3 is 0 Å². The summed E-state index contributed by atoms with van der Waals surface area (Å²) in [6, 6.07) is 0.240. The number of nitrogens with zero attached hydrogens (tertiary/aromatic N) is 4. The molecule has 1 heterocycles. The van der Waals surface area contributed by atoms with Gasteiger partial charge in [0.25, 0.3) is 0 Å². The van der Waals surface area contributed by atoms with Gasteiger partial charge in [-0.05, 0) is 14.1 Å². The number of aliphatic imine (C=N–C) groups is 1. The molecule has 1 unspecified atom stereocenters. The molecule has 0 spiro atoms. The predicted octanol–water partition coefficient (Wildman–Crippen LogP) is -0.166. The van der Waals surface area contributed by atoms with Crippen LogP contribution in [0.5, 0.6) is 0 Å². The highest BCUT2D eigenvalue weighted by molar-refractivity contribution is 5.79. The summed E-state index contributed by atoms with van der Waals surface area (Å²) >= 11 is 0. The maximum absolute atomic E-state index is 5.01. The molecule has 0 amide bonds. The molecule has 7 nitrogen and oxygen atoms in total. The fourth-order valence-corrected chi connectivity index (χ4v) is 1.90. The van der Waals surface area contributed by atoms with Crippen molar-refractivity contribution in [1.29, 1.82) is 0 Å². The van der Waals surface area contributed by atoms with Gasteiger partial charge in [0, 0.05) is 46.1 Å². The molecule has 0 aliphatic carbocycles. The van der Waals surface area contributed by atoms with E-state index < -0.39 is 0 Å². The molecule has 20 heavy (non-hydrogen) atoms. The lowest BCUT2D eigenvalue weighted by atomic mass is 10.1. The normalized spacial score (nSPS) is 13.6. The van der Waals surface area contributed by atoms with E-state index in [1.165, 1.54) is 5.56 Å². The van der Waals surface area contributed by atoms with Crippen LogP contribution in [-0.4, -0.2) is 68.6 Å². The molecule has 0 saturated heterocycles. The largest absolute Gasteiger partial charge is 0.383 e. The van der Waals surface area contributed by atoms with Crippen molar-refractivity contribution in [1.82, 2.24) is 25.3 Å². The van der Waals surface area contributed by atoms with E-state index in [2.05, 4.69) is 39.7 Å². The van der Waals surface area contributed by atoms with E-state index in [1.54, 1.807) is 14.2 Å². The van der Waals surface area contributed by atoms with E-state index in [0.29, 0.717) is 6.61 Å². The summed E-state index contributed by atoms with van der Waals surface area (Å²) in [6.45, 7) is 2.14. The molecule has 0 saturated carbocycles. The molecule has 1 aromatic rings. The number of aryl methyl sites for hydroxylation is 1. The van der Waals surface area contributed by atoms with E-state index in [4.69, 9.17) is 4.74 Å². The fraction of sp³-hybridized carbons (Fsp3) is 0.692. The second kappa shape index (κ2) is 8.55. The zero-order valence-corrected chi connectivity index (χ0v) is 13.1. The van der Waals surface area contributed by atoms with Crippen LogP contribution >= 0.6 is 0 Å². The highest BCUT2D eigenvalue weighted by atomic mass is 16.5. The Morgan fingerprint density at radius 2 is 2.25 bits per heavy atom. The standard InChI is InChI=1S/C13H26N6O/c1-14-13(15-6-7-20-5)16-9-12(18(2)3)11-8-17-19(4)10-11/h8,10,12H,6-7,9H2,1-5H3,(H2,14,15,16). The van der Waals surface area contributed by atoms with Gasteiger partial charge in [-0.1, -0.05) is 0 Å². The molecule has 7 heteroatoms. The summed E-state index contributed by atoms with van der Waals surface area (Å²) in [6.07, 6.45) is 3.93. The Bertz CT molecular complexity index is 415. The van der Waals surface area contributed by atoms with Crippen LogP contribution in [0.4, 0.5) is 0 Å². The van der Waals surface area contributed by atoms with Gasteiger partial charge in [-0.15, -0.1) is 0 Å².